The predicted molar refractivity (Wildman–Crippen MR) is 214 cm³/mol. The molecule has 0 nitrogen and oxygen atoms in total. The molecule has 0 N–H and O–H groups in total. The molecule has 0 aromatic heterocycles. The first kappa shape index (κ1) is 33.9. The van der Waals surface area contributed by atoms with Crippen LogP contribution in [0.5, 0.6) is 0 Å². The minimum absolute atomic E-state index is 0.0559. The van der Waals surface area contributed by atoms with Gasteiger partial charge in [0.2, 0.25) is 0 Å². The van der Waals surface area contributed by atoms with E-state index >= 15 is 0 Å². The van der Waals surface area contributed by atoms with Crippen LogP contribution < -0.4 is 3.27 Å². The second kappa shape index (κ2) is 12.3. The molecule has 1 heteroatoms. The first-order valence-electron chi connectivity index (χ1n) is 20.0. The van der Waals surface area contributed by atoms with E-state index in [0.717, 1.165) is 24.2 Å². The predicted octanol–water partition coefficient (Wildman–Crippen LogP) is 12.0. The van der Waals surface area contributed by atoms with Crippen LogP contribution in [0, 0.1) is 29.1 Å². The Balaban J connectivity index is 1.33. The maximum atomic E-state index is 2.86. The quantitative estimate of drug-likeness (QED) is 0.168. The third-order valence-electron chi connectivity index (χ3n) is 13.6. The molecule has 6 aliphatic rings. The van der Waals surface area contributed by atoms with E-state index in [2.05, 4.69) is 152 Å². The van der Waals surface area contributed by atoms with Crippen LogP contribution in [0.1, 0.15) is 120 Å². The number of allylic oxidation sites excluding steroid dienone is 4. The molecule has 0 aliphatic heterocycles. The average molecular weight is 748 g/mol. The van der Waals surface area contributed by atoms with Crippen LogP contribution in [0.2, 0.25) is 0 Å². The second-order valence-electron chi connectivity index (χ2n) is 19.3. The summed E-state index contributed by atoms with van der Waals surface area (Å²) in [6.07, 6.45) is 15.5. The topological polar surface area (TPSA) is 0 Å². The van der Waals surface area contributed by atoms with Gasteiger partial charge in [-0.25, -0.2) is 0 Å². The zero-order valence-corrected chi connectivity index (χ0v) is 34.5. The number of hydrogen-bond acceptors (Lipinski definition) is 0. The van der Waals surface area contributed by atoms with E-state index in [0.29, 0.717) is 11.3 Å². The molecule has 4 aromatic carbocycles. The number of fused-ring (bicyclic) bond motifs is 3. The molecule has 0 amide bonds. The van der Waals surface area contributed by atoms with Crippen LogP contribution in [0.25, 0.3) is 11.1 Å². The Labute approximate surface area is 315 Å². The monoisotopic (exact) mass is 746 g/mol. The van der Waals surface area contributed by atoms with Gasteiger partial charge in [0.25, 0.3) is 0 Å². The Kier molecular flexibility index (Phi) is 8.20. The summed E-state index contributed by atoms with van der Waals surface area (Å²) in [6.45, 7) is 16.9. The van der Waals surface area contributed by atoms with Crippen molar-refractivity contribution in [2.24, 2.45) is 29.1 Å². The number of hydrogen-bond donors (Lipinski definition) is 0. The van der Waals surface area contributed by atoms with Gasteiger partial charge in [-0.15, -0.1) is 0 Å². The summed E-state index contributed by atoms with van der Waals surface area (Å²) in [5, 5.41) is 0. The van der Waals surface area contributed by atoms with E-state index in [-0.39, 0.29) is 10.8 Å². The summed E-state index contributed by atoms with van der Waals surface area (Å²) < 4.78 is 5.16. The van der Waals surface area contributed by atoms with Crippen LogP contribution in [0.15, 0.2) is 112 Å². The molecule has 4 saturated carbocycles. The Morgan fingerprint density at radius 2 is 1.20 bits per heavy atom. The van der Waals surface area contributed by atoms with Crippen molar-refractivity contribution >= 4 is 6.48 Å². The van der Waals surface area contributed by atoms with Gasteiger partial charge in [-0.2, -0.15) is 0 Å². The van der Waals surface area contributed by atoms with Crippen LogP contribution in [-0.4, -0.2) is 3.21 Å². The molecule has 4 aromatic rings. The van der Waals surface area contributed by atoms with Gasteiger partial charge in [-0.3, -0.25) is 0 Å². The van der Waals surface area contributed by atoms with Crippen molar-refractivity contribution in [2.75, 3.05) is 0 Å². The van der Waals surface area contributed by atoms with Crippen LogP contribution in [0.4, 0.5) is 0 Å². The van der Waals surface area contributed by atoms with Gasteiger partial charge < -0.3 is 0 Å². The van der Waals surface area contributed by atoms with Crippen molar-refractivity contribution in [1.29, 1.82) is 0 Å². The van der Waals surface area contributed by atoms with Crippen molar-refractivity contribution in [3.63, 3.8) is 0 Å². The fourth-order valence-electron chi connectivity index (χ4n) is 11.3. The fraction of sp³-hybridized carbons (Fsp3) is 0.420. The van der Waals surface area contributed by atoms with E-state index in [1.165, 1.54) is 77.5 Å². The number of rotatable bonds is 5. The molecule has 260 valence electrons. The zero-order valence-electron chi connectivity index (χ0n) is 32.1. The maximum absolute atomic E-state index is 2.90. The molecule has 4 bridgehead atoms. The van der Waals surface area contributed by atoms with Gasteiger partial charge >= 0.3 is 318 Å². The van der Waals surface area contributed by atoms with Crippen molar-refractivity contribution in [1.82, 2.24) is 0 Å². The summed E-state index contributed by atoms with van der Waals surface area (Å²) in [6, 6.07) is 35.8. The second-order valence-corrected chi connectivity index (χ2v) is 25.1. The van der Waals surface area contributed by atoms with Gasteiger partial charge in [0, 0.05) is 0 Å². The normalized spacial score (nSPS) is 26.1. The van der Waals surface area contributed by atoms with Gasteiger partial charge in [0.15, 0.2) is 0 Å². The first-order valence-corrected chi connectivity index (χ1v) is 23.7. The Hall–Kier alpha value is -2.89. The van der Waals surface area contributed by atoms with Crippen molar-refractivity contribution in [3.05, 3.63) is 145 Å². The van der Waals surface area contributed by atoms with Crippen molar-refractivity contribution < 1.29 is 21.3 Å². The molecule has 10 rings (SSSR count). The van der Waals surface area contributed by atoms with Gasteiger partial charge in [0.1, 0.15) is 0 Å². The third-order valence-corrected chi connectivity index (χ3v) is 21.5. The summed E-state index contributed by atoms with van der Waals surface area (Å²) in [5.74, 6) is 3.36. The molecular formula is C50H56Zr. The standard InChI is InChI=1S/C21H25.C16H21.C13H10.Zr/c1-20(2,3)16-9-7-14-11-15-8-10-17(21(4,5)6)13-19(15)18(14)12-16;1-11-2-3-15(4-11)16-8-12-5-13(9-16)7-14(6-12)10-16;1-3-7-12(8-4-1)11-13-9-5-2-6-10-13;/h7,9-10,12-13H,11H2,1-6H3;3-4,11-14H,5-10H2,1H3;1-10H;. The molecular weight excluding hydrogens is 692 g/mol. The zero-order chi connectivity index (χ0) is 35.3. The fourth-order valence-corrected chi connectivity index (χ4v) is 19.8. The molecule has 4 fully saturated rings. The third kappa shape index (κ3) is 5.93. The molecule has 6 aliphatic carbocycles. The average Bonchev–Trinajstić information content (AvgIpc) is 3.67. The molecule has 0 radical (unpaired) electrons. The summed E-state index contributed by atoms with van der Waals surface area (Å²) in [4.78, 5) is 0. The summed E-state index contributed by atoms with van der Waals surface area (Å²) >= 11 is -2.90. The molecule has 1 unspecified atom stereocenters. The molecule has 0 spiro atoms. The Bertz CT molecular complexity index is 2030. The number of benzene rings is 4. The van der Waals surface area contributed by atoms with Crippen LogP contribution in [-0.2, 0) is 38.5 Å². The Morgan fingerprint density at radius 3 is 1.75 bits per heavy atom. The van der Waals surface area contributed by atoms with E-state index in [9.17, 15) is 0 Å². The summed E-state index contributed by atoms with van der Waals surface area (Å²) in [5.41, 5.74) is 14.2. The summed E-state index contributed by atoms with van der Waals surface area (Å²) in [7, 11) is 0. The van der Waals surface area contributed by atoms with Crippen LogP contribution in [0.3, 0.4) is 0 Å². The Morgan fingerprint density at radius 1 is 0.647 bits per heavy atom. The minimum atomic E-state index is -2.90. The first-order chi connectivity index (χ1) is 24.4. The van der Waals surface area contributed by atoms with E-state index in [4.69, 9.17) is 0 Å². The van der Waals surface area contributed by atoms with Gasteiger partial charge in [-0.1, -0.05) is 0 Å². The molecule has 0 heterocycles. The van der Waals surface area contributed by atoms with Gasteiger partial charge in [0.05, 0.1) is 0 Å². The SMILES string of the molecule is CC1C=C(C23CC4CC(CC(C4)C2)C3)C=[C]1[Zr](=[C](c1ccccc1)c1ccccc1)[c]1cc(C(C)(C)C)cc2c1Cc1ccc(C(C)(C)C)cc1-2. The molecule has 1 atom stereocenters. The van der Waals surface area contributed by atoms with Crippen LogP contribution >= 0.6 is 0 Å². The van der Waals surface area contributed by atoms with Gasteiger partial charge in [-0.05, 0) is 0 Å². The van der Waals surface area contributed by atoms with E-state index in [1.807, 2.05) is 0 Å². The molecule has 51 heavy (non-hydrogen) atoms. The van der Waals surface area contributed by atoms with E-state index < -0.39 is 21.3 Å². The van der Waals surface area contributed by atoms with Crippen molar-refractivity contribution in [2.45, 2.75) is 104 Å². The van der Waals surface area contributed by atoms with Crippen molar-refractivity contribution in [3.8, 4) is 11.1 Å². The molecule has 0 saturated heterocycles. The van der Waals surface area contributed by atoms with E-state index in [1.54, 1.807) is 20.9 Å².